The summed E-state index contributed by atoms with van der Waals surface area (Å²) in [7, 11) is 0. The second-order valence-electron chi connectivity index (χ2n) is 8.20. The van der Waals surface area contributed by atoms with E-state index in [4.69, 9.17) is 9.26 Å². The number of aromatic amines is 2. The number of ether oxygens (including phenoxy) is 1. The van der Waals surface area contributed by atoms with E-state index in [0.29, 0.717) is 40.8 Å². The number of hydrogen-bond donors (Lipinski definition) is 2. The number of nitrogens with zero attached hydrogens (tertiary/aromatic N) is 3. The van der Waals surface area contributed by atoms with Gasteiger partial charge in [0, 0.05) is 12.3 Å². The molecule has 2 N–H and O–H groups in total. The zero-order chi connectivity index (χ0) is 22.3. The third-order valence-electron chi connectivity index (χ3n) is 5.53. The van der Waals surface area contributed by atoms with Gasteiger partial charge >= 0.3 is 0 Å². The minimum absolute atomic E-state index is 0.184. The predicted octanol–water partition coefficient (Wildman–Crippen LogP) is 3.14. The van der Waals surface area contributed by atoms with Gasteiger partial charge in [-0.3, -0.25) is 9.59 Å². The first-order valence-electron chi connectivity index (χ1n) is 10.3. The number of H-pyrrole nitrogens is 2. The molecule has 4 heterocycles. The van der Waals surface area contributed by atoms with Gasteiger partial charge in [-0.05, 0) is 62.1 Å². The molecule has 1 aromatic carbocycles. The largest absolute Gasteiger partial charge is 0.490 e. The number of rotatable bonds is 4. The summed E-state index contributed by atoms with van der Waals surface area (Å²) >= 11 is 0. The van der Waals surface area contributed by atoms with Gasteiger partial charge in [-0.2, -0.15) is 4.98 Å². The van der Waals surface area contributed by atoms with Gasteiger partial charge in [0.05, 0.1) is 17.5 Å². The molecule has 0 bridgehead atoms. The lowest BCUT2D eigenvalue weighted by Crippen LogP contribution is -2.27. The summed E-state index contributed by atoms with van der Waals surface area (Å²) in [6.07, 6.45) is 5.43. The van der Waals surface area contributed by atoms with Gasteiger partial charge in [0.15, 0.2) is 5.76 Å². The van der Waals surface area contributed by atoms with Crippen LogP contribution in [0.15, 0.2) is 56.7 Å². The molecule has 0 spiro atoms. The van der Waals surface area contributed by atoms with Crippen LogP contribution in [0.2, 0.25) is 0 Å². The predicted molar refractivity (Wildman–Crippen MR) is 118 cm³/mol. The van der Waals surface area contributed by atoms with Crippen LogP contribution in [0, 0.1) is 0 Å². The Morgan fingerprint density at radius 3 is 2.66 bits per heavy atom. The fourth-order valence-electron chi connectivity index (χ4n) is 3.60. The van der Waals surface area contributed by atoms with E-state index in [1.165, 1.54) is 6.07 Å². The SMILES string of the molecule is CC(C)(c1nc2ccc(-c3ccc(=O)[nH]c3)cc2c(=O)[nH]1)c1nc(C2=CCCCO2)no1. The Morgan fingerprint density at radius 1 is 1.06 bits per heavy atom. The normalized spacial score (nSPS) is 14.2. The lowest BCUT2D eigenvalue weighted by molar-refractivity contribution is 0.254. The van der Waals surface area contributed by atoms with Crippen LogP contribution in [0.4, 0.5) is 0 Å². The van der Waals surface area contributed by atoms with Crippen molar-refractivity contribution in [1.29, 1.82) is 0 Å². The van der Waals surface area contributed by atoms with E-state index in [1.807, 2.05) is 26.0 Å². The third-order valence-corrected chi connectivity index (χ3v) is 5.53. The standard InChI is InChI=1S/C23H21N5O4/c1-23(2,22-26-19(28-32-22)17-5-3-4-10-31-17)21-25-16-8-6-13(11-15(16)20(30)27-21)14-7-9-18(29)24-12-14/h5-9,11-12H,3-4,10H2,1-2H3,(H,24,29)(H,25,27,30). The molecular formula is C23H21N5O4. The van der Waals surface area contributed by atoms with Crippen LogP contribution in [0.25, 0.3) is 27.8 Å². The highest BCUT2D eigenvalue weighted by Gasteiger charge is 2.34. The van der Waals surface area contributed by atoms with Gasteiger partial charge in [0.2, 0.25) is 17.3 Å². The van der Waals surface area contributed by atoms with Crippen molar-refractivity contribution in [3.63, 3.8) is 0 Å². The molecule has 0 aliphatic carbocycles. The maximum atomic E-state index is 12.9. The van der Waals surface area contributed by atoms with Crippen molar-refractivity contribution in [3.8, 4) is 11.1 Å². The summed E-state index contributed by atoms with van der Waals surface area (Å²) in [5, 5.41) is 4.49. The second-order valence-corrected chi connectivity index (χ2v) is 8.20. The van der Waals surface area contributed by atoms with Crippen LogP contribution in [0.3, 0.4) is 0 Å². The molecule has 1 aliphatic heterocycles. The Hall–Kier alpha value is -4.01. The number of allylic oxidation sites excluding steroid dienone is 1. The van der Waals surface area contributed by atoms with Gasteiger partial charge in [0.25, 0.3) is 5.56 Å². The maximum absolute atomic E-state index is 12.9. The Kier molecular flexibility index (Phi) is 4.73. The van der Waals surface area contributed by atoms with Crippen molar-refractivity contribution < 1.29 is 9.26 Å². The molecule has 0 saturated heterocycles. The van der Waals surface area contributed by atoms with Crippen LogP contribution < -0.4 is 11.1 Å². The van der Waals surface area contributed by atoms with E-state index in [1.54, 1.807) is 24.4 Å². The lowest BCUT2D eigenvalue weighted by Gasteiger charge is -2.19. The van der Waals surface area contributed by atoms with Crippen molar-refractivity contribution in [2.75, 3.05) is 6.61 Å². The molecule has 0 amide bonds. The second kappa shape index (κ2) is 7.60. The first kappa shape index (κ1) is 19.9. The molecule has 9 nitrogen and oxygen atoms in total. The smallest absolute Gasteiger partial charge is 0.258 e. The van der Waals surface area contributed by atoms with Crippen molar-refractivity contribution in [3.05, 3.63) is 80.9 Å². The van der Waals surface area contributed by atoms with E-state index >= 15 is 0 Å². The first-order valence-corrected chi connectivity index (χ1v) is 10.3. The van der Waals surface area contributed by atoms with Gasteiger partial charge in [-0.25, -0.2) is 4.98 Å². The number of benzene rings is 1. The van der Waals surface area contributed by atoms with Gasteiger partial charge in [-0.15, -0.1) is 0 Å². The number of hydrogen-bond acceptors (Lipinski definition) is 7. The van der Waals surface area contributed by atoms with Crippen LogP contribution in [-0.4, -0.2) is 31.7 Å². The highest BCUT2D eigenvalue weighted by atomic mass is 16.5. The van der Waals surface area contributed by atoms with Gasteiger partial charge < -0.3 is 19.2 Å². The molecule has 0 fully saturated rings. The topological polar surface area (TPSA) is 127 Å². The number of nitrogens with one attached hydrogen (secondary N) is 2. The zero-order valence-corrected chi connectivity index (χ0v) is 17.6. The molecule has 0 unspecified atom stereocenters. The summed E-state index contributed by atoms with van der Waals surface area (Å²) < 4.78 is 11.1. The fourth-order valence-corrected chi connectivity index (χ4v) is 3.60. The molecule has 5 rings (SSSR count). The maximum Gasteiger partial charge on any atom is 0.258 e. The fraction of sp³-hybridized carbons (Fsp3) is 0.261. The molecular weight excluding hydrogens is 410 g/mol. The summed E-state index contributed by atoms with van der Waals surface area (Å²) in [4.78, 5) is 38.9. The van der Waals surface area contributed by atoms with Crippen molar-refractivity contribution >= 4 is 16.7 Å². The molecule has 0 saturated carbocycles. The van der Waals surface area contributed by atoms with Crippen LogP contribution in [0.1, 0.15) is 44.2 Å². The Morgan fingerprint density at radius 2 is 1.91 bits per heavy atom. The first-order chi connectivity index (χ1) is 15.4. The highest BCUT2D eigenvalue weighted by Crippen LogP contribution is 2.30. The summed E-state index contributed by atoms with van der Waals surface area (Å²) in [5.41, 5.74) is 0.857. The zero-order valence-electron chi connectivity index (χ0n) is 17.6. The van der Waals surface area contributed by atoms with Crippen molar-refractivity contribution in [1.82, 2.24) is 25.1 Å². The minimum atomic E-state index is -0.828. The van der Waals surface area contributed by atoms with E-state index in [-0.39, 0.29) is 11.1 Å². The van der Waals surface area contributed by atoms with E-state index in [2.05, 4.69) is 25.1 Å². The Balaban J connectivity index is 1.52. The van der Waals surface area contributed by atoms with Gasteiger partial charge in [0.1, 0.15) is 11.2 Å². The Labute approximate surface area is 182 Å². The molecule has 32 heavy (non-hydrogen) atoms. The number of fused-ring (bicyclic) bond motifs is 1. The highest BCUT2D eigenvalue weighted by molar-refractivity contribution is 5.83. The number of pyridine rings is 1. The molecule has 162 valence electrons. The molecule has 3 aromatic heterocycles. The summed E-state index contributed by atoms with van der Waals surface area (Å²) in [5.74, 6) is 1.74. The average molecular weight is 431 g/mol. The Bertz CT molecular complexity index is 1440. The van der Waals surface area contributed by atoms with Crippen LogP contribution in [0.5, 0.6) is 0 Å². The van der Waals surface area contributed by atoms with Crippen molar-refractivity contribution in [2.45, 2.75) is 32.1 Å². The molecule has 0 radical (unpaired) electrons. The minimum Gasteiger partial charge on any atom is -0.490 e. The quantitative estimate of drug-likeness (QED) is 0.508. The van der Waals surface area contributed by atoms with Crippen LogP contribution >= 0.6 is 0 Å². The van der Waals surface area contributed by atoms with Crippen molar-refractivity contribution in [2.24, 2.45) is 0 Å². The van der Waals surface area contributed by atoms with Crippen LogP contribution in [-0.2, 0) is 10.2 Å². The molecule has 0 atom stereocenters. The molecule has 4 aromatic rings. The molecule has 9 heteroatoms. The van der Waals surface area contributed by atoms with E-state index in [9.17, 15) is 9.59 Å². The number of aromatic nitrogens is 5. The summed E-state index contributed by atoms with van der Waals surface area (Å²) in [6, 6.07) is 8.54. The lowest BCUT2D eigenvalue weighted by atomic mass is 9.92. The van der Waals surface area contributed by atoms with E-state index < -0.39 is 5.41 Å². The van der Waals surface area contributed by atoms with E-state index in [0.717, 1.165) is 24.0 Å². The monoisotopic (exact) mass is 431 g/mol. The average Bonchev–Trinajstić information content (AvgIpc) is 3.31. The third kappa shape index (κ3) is 3.51. The summed E-state index contributed by atoms with van der Waals surface area (Å²) in [6.45, 7) is 4.35. The van der Waals surface area contributed by atoms with Gasteiger partial charge in [-0.1, -0.05) is 11.2 Å². The molecule has 1 aliphatic rings.